The molecule has 0 saturated carbocycles. The van der Waals surface area contributed by atoms with Crippen LogP contribution >= 0.6 is 11.8 Å². The summed E-state index contributed by atoms with van der Waals surface area (Å²) < 4.78 is 23.4. The minimum atomic E-state index is -1.11. The molecule has 0 spiro atoms. The molecule has 0 radical (unpaired) electrons. The first-order valence-electron chi connectivity index (χ1n) is 6.32. The van der Waals surface area contributed by atoms with Gasteiger partial charge >= 0.3 is 0 Å². The van der Waals surface area contributed by atoms with Gasteiger partial charge in [-0.3, -0.25) is 4.21 Å². The number of hydrogen-bond acceptors (Lipinski definition) is 5. The average molecular weight is 315 g/mol. The van der Waals surface area contributed by atoms with Gasteiger partial charge in [0.15, 0.2) is 11.5 Å². The highest BCUT2D eigenvalue weighted by Gasteiger charge is 2.12. The molecule has 0 amide bonds. The summed E-state index contributed by atoms with van der Waals surface area (Å²) in [6.45, 7) is 4.95. The summed E-state index contributed by atoms with van der Waals surface area (Å²) in [5.74, 6) is 1.34. The molecule has 0 fully saturated rings. The number of benzene rings is 1. The fraction of sp³-hybridized carbons (Fsp3) is 0.429. The van der Waals surface area contributed by atoms with Crippen molar-refractivity contribution in [3.05, 3.63) is 28.0 Å². The maximum atomic E-state index is 11.7. The summed E-state index contributed by atoms with van der Waals surface area (Å²) in [4.78, 5) is 0. The Morgan fingerprint density at radius 1 is 1.25 bits per heavy atom. The summed E-state index contributed by atoms with van der Waals surface area (Å²) in [6.07, 6.45) is 3.48. The number of hydrogen-bond donors (Lipinski definition) is 1. The van der Waals surface area contributed by atoms with Crippen molar-refractivity contribution in [2.45, 2.75) is 13.8 Å². The van der Waals surface area contributed by atoms with Crippen LogP contribution in [0.2, 0.25) is 0 Å². The maximum absolute atomic E-state index is 11.7. The third-order valence-electron chi connectivity index (χ3n) is 2.52. The summed E-state index contributed by atoms with van der Waals surface area (Å²) in [7, 11) is -1.11. The Hall–Kier alpha value is -1.14. The molecule has 0 heterocycles. The topological polar surface area (TPSA) is 61.5 Å². The smallest absolute Gasteiger partial charge is 0.161 e. The van der Waals surface area contributed by atoms with Crippen molar-refractivity contribution in [2.24, 2.45) is 5.73 Å². The SMILES string of the molecule is CCOc1ccc(C(N)=C(SC)S(C)=O)cc1OCC. The Morgan fingerprint density at radius 3 is 2.35 bits per heavy atom. The summed E-state index contributed by atoms with van der Waals surface area (Å²) >= 11 is 1.40. The molecule has 1 unspecified atom stereocenters. The van der Waals surface area contributed by atoms with Gasteiger partial charge in [0.05, 0.1) is 33.9 Å². The molecule has 1 rings (SSSR count). The van der Waals surface area contributed by atoms with Gasteiger partial charge in [-0.15, -0.1) is 11.8 Å². The molecule has 2 N–H and O–H groups in total. The lowest BCUT2D eigenvalue weighted by Gasteiger charge is -2.13. The van der Waals surface area contributed by atoms with E-state index in [2.05, 4.69) is 0 Å². The van der Waals surface area contributed by atoms with Crippen LogP contribution in [0.3, 0.4) is 0 Å². The van der Waals surface area contributed by atoms with E-state index >= 15 is 0 Å². The molecule has 0 aliphatic carbocycles. The summed E-state index contributed by atoms with van der Waals surface area (Å²) in [5, 5.41) is 0. The molecule has 0 aliphatic heterocycles. The Kier molecular flexibility index (Phi) is 6.95. The minimum Gasteiger partial charge on any atom is -0.490 e. The highest BCUT2D eigenvalue weighted by atomic mass is 32.2. The van der Waals surface area contributed by atoms with Gasteiger partial charge in [0.2, 0.25) is 0 Å². The second-order valence-electron chi connectivity index (χ2n) is 3.89. The summed E-state index contributed by atoms with van der Waals surface area (Å²) in [5.41, 5.74) is 7.41. The first-order chi connectivity index (χ1) is 9.54. The predicted molar refractivity (Wildman–Crippen MR) is 87.5 cm³/mol. The van der Waals surface area contributed by atoms with Gasteiger partial charge in [0, 0.05) is 11.8 Å². The van der Waals surface area contributed by atoms with Gasteiger partial charge < -0.3 is 15.2 Å². The molecule has 0 aromatic heterocycles. The van der Waals surface area contributed by atoms with E-state index in [9.17, 15) is 4.21 Å². The Balaban J connectivity index is 3.26. The van der Waals surface area contributed by atoms with Crippen LogP contribution in [-0.4, -0.2) is 29.9 Å². The van der Waals surface area contributed by atoms with Crippen LogP contribution in [0.5, 0.6) is 11.5 Å². The number of ether oxygens (including phenoxy) is 2. The van der Waals surface area contributed by atoms with Crippen molar-refractivity contribution < 1.29 is 13.7 Å². The van der Waals surface area contributed by atoms with E-state index in [1.807, 2.05) is 38.3 Å². The van der Waals surface area contributed by atoms with Gasteiger partial charge in [-0.1, -0.05) is 0 Å². The molecule has 1 aromatic carbocycles. The summed E-state index contributed by atoms with van der Waals surface area (Å²) in [6, 6.07) is 5.51. The zero-order valence-corrected chi connectivity index (χ0v) is 13.9. The lowest BCUT2D eigenvalue weighted by Crippen LogP contribution is -2.05. The van der Waals surface area contributed by atoms with Crippen LogP contribution in [0.4, 0.5) is 0 Å². The maximum Gasteiger partial charge on any atom is 0.161 e. The van der Waals surface area contributed by atoms with Crippen molar-refractivity contribution in [1.82, 2.24) is 0 Å². The van der Waals surface area contributed by atoms with Crippen LogP contribution in [0.1, 0.15) is 19.4 Å². The van der Waals surface area contributed by atoms with Crippen LogP contribution in [0, 0.1) is 0 Å². The van der Waals surface area contributed by atoms with Crippen LogP contribution < -0.4 is 15.2 Å². The van der Waals surface area contributed by atoms with Crippen LogP contribution in [-0.2, 0) is 10.8 Å². The zero-order chi connectivity index (χ0) is 15.1. The fourth-order valence-corrected chi connectivity index (χ4v) is 3.42. The van der Waals surface area contributed by atoms with Crippen molar-refractivity contribution in [3.63, 3.8) is 0 Å². The molecule has 0 saturated heterocycles. The van der Waals surface area contributed by atoms with Gasteiger partial charge in [-0.05, 0) is 38.3 Å². The molecule has 0 bridgehead atoms. The zero-order valence-electron chi connectivity index (χ0n) is 12.3. The van der Waals surface area contributed by atoms with Gasteiger partial charge in [-0.25, -0.2) is 0 Å². The Labute approximate surface area is 127 Å². The van der Waals surface area contributed by atoms with Crippen molar-refractivity contribution >= 4 is 28.3 Å². The van der Waals surface area contributed by atoms with Crippen molar-refractivity contribution in [2.75, 3.05) is 25.7 Å². The van der Waals surface area contributed by atoms with E-state index in [0.717, 1.165) is 5.56 Å². The van der Waals surface area contributed by atoms with Crippen molar-refractivity contribution in [3.8, 4) is 11.5 Å². The molecular formula is C14H21NO3S2. The third-order valence-corrected chi connectivity index (χ3v) is 5.06. The Morgan fingerprint density at radius 2 is 1.85 bits per heavy atom. The molecule has 112 valence electrons. The second kappa shape index (κ2) is 8.21. The largest absolute Gasteiger partial charge is 0.490 e. The standard InChI is InChI=1S/C14H21NO3S2/c1-5-17-11-8-7-10(9-12(11)18-6-2)13(15)14(19-3)20(4)16/h7-9H,5-6,15H2,1-4H3. The first kappa shape index (κ1) is 16.9. The Bertz CT molecular complexity index is 515. The lowest BCUT2D eigenvalue weighted by atomic mass is 10.1. The van der Waals surface area contributed by atoms with E-state index in [1.54, 1.807) is 6.26 Å². The molecule has 0 aliphatic rings. The van der Waals surface area contributed by atoms with Gasteiger partial charge in [0.25, 0.3) is 0 Å². The molecule has 20 heavy (non-hydrogen) atoms. The average Bonchev–Trinajstić information content (AvgIpc) is 2.41. The van der Waals surface area contributed by atoms with E-state index in [4.69, 9.17) is 15.2 Å². The lowest BCUT2D eigenvalue weighted by molar-refractivity contribution is 0.287. The van der Waals surface area contributed by atoms with E-state index in [0.29, 0.717) is 34.6 Å². The number of thioether (sulfide) groups is 1. The van der Waals surface area contributed by atoms with Crippen molar-refractivity contribution in [1.29, 1.82) is 0 Å². The molecule has 1 aromatic rings. The van der Waals surface area contributed by atoms with Gasteiger partial charge in [-0.2, -0.15) is 0 Å². The van der Waals surface area contributed by atoms with Crippen LogP contribution in [0.25, 0.3) is 5.70 Å². The monoisotopic (exact) mass is 315 g/mol. The number of nitrogens with two attached hydrogens (primary N) is 1. The normalized spacial score (nSPS) is 13.6. The minimum absolute atomic E-state index is 0.516. The molecular weight excluding hydrogens is 294 g/mol. The first-order valence-corrected chi connectivity index (χ1v) is 9.10. The number of rotatable bonds is 7. The third kappa shape index (κ3) is 4.18. The fourth-order valence-electron chi connectivity index (χ4n) is 1.72. The predicted octanol–water partition coefficient (Wildman–Crippen LogP) is 2.81. The van der Waals surface area contributed by atoms with E-state index < -0.39 is 10.8 Å². The van der Waals surface area contributed by atoms with Gasteiger partial charge in [0.1, 0.15) is 0 Å². The van der Waals surface area contributed by atoms with E-state index in [-0.39, 0.29) is 0 Å². The molecule has 4 nitrogen and oxygen atoms in total. The molecule has 6 heteroatoms. The second-order valence-corrected chi connectivity index (χ2v) is 6.28. The van der Waals surface area contributed by atoms with E-state index in [1.165, 1.54) is 11.8 Å². The highest BCUT2D eigenvalue weighted by Crippen LogP contribution is 2.32. The molecule has 1 atom stereocenters. The highest BCUT2D eigenvalue weighted by molar-refractivity contribution is 8.16. The quantitative estimate of drug-likeness (QED) is 0.838. The van der Waals surface area contributed by atoms with Crippen LogP contribution in [0.15, 0.2) is 22.4 Å².